The second-order valence-electron chi connectivity index (χ2n) is 8.92. The largest absolute Gasteiger partial charge is 0.481 e. The van der Waals surface area contributed by atoms with Crippen molar-refractivity contribution < 1.29 is 31.8 Å². The van der Waals surface area contributed by atoms with Crippen LogP contribution < -0.4 is 4.72 Å². The zero-order chi connectivity index (χ0) is 24.3. The number of halogens is 2. The molecule has 182 valence electrons. The van der Waals surface area contributed by atoms with E-state index in [0.717, 1.165) is 17.7 Å². The highest BCUT2D eigenvalue weighted by molar-refractivity contribution is 7.89. The number of sulfonamides is 1. The second kappa shape index (κ2) is 9.93. The third kappa shape index (κ3) is 5.06. The Morgan fingerprint density at radius 1 is 1.09 bits per heavy atom. The van der Waals surface area contributed by atoms with E-state index < -0.39 is 33.3 Å². The predicted octanol–water partition coefficient (Wildman–Crippen LogP) is 4.17. The van der Waals surface area contributed by atoms with Gasteiger partial charge in [-0.2, -0.15) is 0 Å². The van der Waals surface area contributed by atoms with Crippen LogP contribution in [0.25, 0.3) is 0 Å². The van der Waals surface area contributed by atoms with Crippen LogP contribution in [0.2, 0.25) is 0 Å². The van der Waals surface area contributed by atoms with Crippen LogP contribution in [0.3, 0.4) is 0 Å². The second-order valence-corrected chi connectivity index (χ2v) is 10.6. The number of fused-ring (bicyclic) bond motifs is 2. The zero-order valence-corrected chi connectivity index (χ0v) is 19.3. The monoisotopic (exact) mass is 491 g/mol. The first kappa shape index (κ1) is 24.5. The SMILES string of the molecule is O=C(O)CCC/C=C/C[C@H]1[C@H](NS(=O)(=O)c2ccc(F)cc2)C2CC1(c1ccc(F)cc1)CO2. The normalized spacial score (nSPS) is 26.4. The summed E-state index contributed by atoms with van der Waals surface area (Å²) in [5, 5.41) is 8.79. The fourth-order valence-corrected chi connectivity index (χ4v) is 6.45. The van der Waals surface area contributed by atoms with Crippen molar-refractivity contribution in [3.8, 4) is 0 Å². The topological polar surface area (TPSA) is 92.7 Å². The van der Waals surface area contributed by atoms with Crippen molar-refractivity contribution in [1.29, 1.82) is 0 Å². The van der Waals surface area contributed by atoms with Crippen LogP contribution >= 0.6 is 0 Å². The molecule has 4 rings (SSSR count). The van der Waals surface area contributed by atoms with Gasteiger partial charge < -0.3 is 9.84 Å². The first-order valence-electron chi connectivity index (χ1n) is 11.2. The van der Waals surface area contributed by atoms with Crippen LogP contribution in [0.5, 0.6) is 0 Å². The number of nitrogens with one attached hydrogen (secondary N) is 1. The smallest absolute Gasteiger partial charge is 0.303 e. The van der Waals surface area contributed by atoms with Crippen LogP contribution in [0, 0.1) is 17.6 Å². The lowest BCUT2D eigenvalue weighted by Gasteiger charge is -2.39. The van der Waals surface area contributed by atoms with Crippen molar-refractivity contribution in [2.75, 3.05) is 6.61 Å². The highest BCUT2D eigenvalue weighted by Crippen LogP contribution is 2.54. The van der Waals surface area contributed by atoms with E-state index >= 15 is 0 Å². The van der Waals surface area contributed by atoms with Crippen molar-refractivity contribution in [2.45, 2.75) is 54.6 Å². The van der Waals surface area contributed by atoms with Gasteiger partial charge >= 0.3 is 5.97 Å². The van der Waals surface area contributed by atoms with E-state index in [4.69, 9.17) is 9.84 Å². The number of ether oxygens (including phenoxy) is 1. The summed E-state index contributed by atoms with van der Waals surface area (Å²) >= 11 is 0. The highest BCUT2D eigenvalue weighted by atomic mass is 32.2. The number of carboxylic acids is 1. The zero-order valence-electron chi connectivity index (χ0n) is 18.5. The van der Waals surface area contributed by atoms with Crippen molar-refractivity contribution in [2.24, 2.45) is 5.92 Å². The lowest BCUT2D eigenvalue weighted by Crippen LogP contribution is -2.51. The summed E-state index contributed by atoms with van der Waals surface area (Å²) in [7, 11) is -3.93. The van der Waals surface area contributed by atoms with Crippen LogP contribution in [0.1, 0.15) is 37.7 Å². The quantitative estimate of drug-likeness (QED) is 0.385. The Morgan fingerprint density at radius 3 is 2.38 bits per heavy atom. The number of hydrogen-bond donors (Lipinski definition) is 2. The lowest BCUT2D eigenvalue weighted by atomic mass is 9.71. The number of benzene rings is 2. The summed E-state index contributed by atoms with van der Waals surface area (Å²) in [6.07, 6.45) is 5.86. The molecule has 1 saturated heterocycles. The van der Waals surface area contributed by atoms with E-state index in [-0.39, 0.29) is 29.2 Å². The molecule has 9 heteroatoms. The van der Waals surface area contributed by atoms with Crippen LogP contribution in [0.4, 0.5) is 8.78 Å². The standard InChI is InChI=1S/C25H27F2NO5S/c26-18-9-7-17(8-10-18)25-15-22(33-16-25)24(21(25)5-3-1-2-4-6-23(29)30)28-34(31,32)20-13-11-19(27)12-14-20/h1,3,7-14,21-22,24,28H,2,4-6,15-16H2,(H,29,30)/b3-1+/t21-,22?,24-,25?/m0/s1. The summed E-state index contributed by atoms with van der Waals surface area (Å²) in [5.41, 5.74) is 0.406. The molecule has 0 spiro atoms. The van der Waals surface area contributed by atoms with E-state index in [1.165, 1.54) is 24.3 Å². The summed E-state index contributed by atoms with van der Waals surface area (Å²) in [4.78, 5) is 10.7. The average Bonchev–Trinajstić information content (AvgIpc) is 3.35. The number of rotatable bonds is 10. The molecule has 0 aromatic heterocycles. The number of carboxylic acid groups (broad SMARTS) is 1. The summed E-state index contributed by atoms with van der Waals surface area (Å²) in [6.45, 7) is 0.398. The molecule has 4 atom stereocenters. The van der Waals surface area contributed by atoms with Gasteiger partial charge in [0.15, 0.2) is 0 Å². The van der Waals surface area contributed by atoms with Gasteiger partial charge in [-0.1, -0.05) is 24.3 Å². The molecule has 2 aromatic carbocycles. The van der Waals surface area contributed by atoms with Gasteiger partial charge in [0.25, 0.3) is 0 Å². The molecule has 2 fully saturated rings. The van der Waals surface area contributed by atoms with E-state index in [0.29, 0.717) is 32.3 Å². The maximum Gasteiger partial charge on any atom is 0.303 e. The number of hydrogen-bond acceptors (Lipinski definition) is 4. The fourth-order valence-electron chi connectivity index (χ4n) is 5.14. The van der Waals surface area contributed by atoms with Gasteiger partial charge in [-0.05, 0) is 73.6 Å². The van der Waals surface area contributed by atoms with E-state index in [1.54, 1.807) is 12.1 Å². The van der Waals surface area contributed by atoms with Gasteiger partial charge in [-0.15, -0.1) is 0 Å². The summed E-state index contributed by atoms with van der Waals surface area (Å²) in [5.74, 6) is -1.88. The molecule has 1 heterocycles. The maximum absolute atomic E-state index is 13.6. The molecule has 1 aliphatic carbocycles. The van der Waals surface area contributed by atoms with Crippen LogP contribution in [0.15, 0.2) is 65.6 Å². The summed E-state index contributed by atoms with van der Waals surface area (Å²) in [6, 6.07) is 10.4. The first-order chi connectivity index (χ1) is 16.2. The Morgan fingerprint density at radius 2 is 1.74 bits per heavy atom. The number of unbranched alkanes of at least 4 members (excludes halogenated alkanes) is 1. The Bertz CT molecular complexity index is 1150. The molecule has 2 aliphatic rings. The predicted molar refractivity (Wildman–Crippen MR) is 122 cm³/mol. The van der Waals surface area contributed by atoms with Gasteiger partial charge in [-0.25, -0.2) is 21.9 Å². The molecule has 2 unspecified atom stereocenters. The Labute approximate surface area is 197 Å². The van der Waals surface area contributed by atoms with Gasteiger partial charge in [-0.3, -0.25) is 4.79 Å². The number of aliphatic carboxylic acids is 1. The minimum Gasteiger partial charge on any atom is -0.481 e. The molecule has 1 saturated carbocycles. The molecule has 1 aliphatic heterocycles. The summed E-state index contributed by atoms with van der Waals surface area (Å²) < 4.78 is 61.8. The molecule has 0 radical (unpaired) electrons. The maximum atomic E-state index is 13.6. The Hall–Kier alpha value is -2.62. The molecule has 2 N–H and O–H groups in total. The van der Waals surface area contributed by atoms with E-state index in [2.05, 4.69) is 4.72 Å². The average molecular weight is 492 g/mol. The molecular weight excluding hydrogens is 464 g/mol. The van der Waals surface area contributed by atoms with E-state index in [9.17, 15) is 22.0 Å². The van der Waals surface area contributed by atoms with Crippen molar-refractivity contribution in [1.82, 2.24) is 4.72 Å². The minimum atomic E-state index is -3.93. The minimum absolute atomic E-state index is 0.0320. The number of allylic oxidation sites excluding steroid dienone is 2. The van der Waals surface area contributed by atoms with E-state index in [1.807, 2.05) is 12.2 Å². The molecule has 2 aromatic rings. The fraction of sp³-hybridized carbons (Fsp3) is 0.400. The Kier molecular flexibility index (Phi) is 7.16. The van der Waals surface area contributed by atoms with Gasteiger partial charge in [0.1, 0.15) is 11.6 Å². The highest BCUT2D eigenvalue weighted by Gasteiger charge is 2.60. The molecule has 6 nitrogen and oxygen atoms in total. The van der Waals surface area contributed by atoms with Crippen LogP contribution in [-0.2, 0) is 25.0 Å². The lowest BCUT2D eigenvalue weighted by molar-refractivity contribution is -0.137. The molecule has 34 heavy (non-hydrogen) atoms. The Balaban J connectivity index is 1.59. The van der Waals surface area contributed by atoms with Crippen molar-refractivity contribution in [3.05, 3.63) is 77.9 Å². The molecule has 0 amide bonds. The number of carbonyl (C=O) groups is 1. The van der Waals surface area contributed by atoms with Gasteiger partial charge in [0.05, 0.1) is 23.6 Å². The third-order valence-corrected chi connectivity index (χ3v) is 8.29. The molecular formula is C25H27F2NO5S. The van der Waals surface area contributed by atoms with Crippen molar-refractivity contribution >= 4 is 16.0 Å². The molecule has 2 bridgehead atoms. The van der Waals surface area contributed by atoms with Gasteiger partial charge in [0.2, 0.25) is 10.0 Å². The van der Waals surface area contributed by atoms with Crippen LogP contribution in [-0.4, -0.2) is 38.2 Å². The van der Waals surface area contributed by atoms with Gasteiger partial charge in [0, 0.05) is 11.8 Å². The first-order valence-corrected chi connectivity index (χ1v) is 12.7. The van der Waals surface area contributed by atoms with Crippen molar-refractivity contribution in [3.63, 3.8) is 0 Å². The third-order valence-electron chi connectivity index (χ3n) is 6.82.